The summed E-state index contributed by atoms with van der Waals surface area (Å²) in [6.07, 6.45) is 8.90. The summed E-state index contributed by atoms with van der Waals surface area (Å²) in [5.41, 5.74) is -0.538. The van der Waals surface area contributed by atoms with E-state index < -0.39 is 11.8 Å². The third kappa shape index (κ3) is 3.71. The Morgan fingerprint density at radius 3 is 2.44 bits per heavy atom. The van der Waals surface area contributed by atoms with Gasteiger partial charge in [0.1, 0.15) is 11.8 Å². The standard InChI is InChI=1S/C20H34N2O3/c1-4-15(3)21-18(23)17-13-25-20(11-9-14(2)10-12-20)22(17)19(24)16-7-5-6-8-16/h14-17H,4-13H2,1-3H3,(H,21,23). The molecule has 0 aromatic carbocycles. The minimum Gasteiger partial charge on any atom is -0.353 e. The molecule has 0 aromatic rings. The maximum atomic E-state index is 13.3. The molecule has 5 heteroatoms. The first kappa shape index (κ1) is 18.7. The number of carbonyl (C=O) groups excluding carboxylic acids is 2. The highest BCUT2D eigenvalue weighted by atomic mass is 16.5. The summed E-state index contributed by atoms with van der Waals surface area (Å²) in [5, 5.41) is 3.06. The van der Waals surface area contributed by atoms with Crippen LogP contribution in [0.3, 0.4) is 0 Å². The minimum absolute atomic E-state index is 0.0452. The maximum absolute atomic E-state index is 13.3. The molecule has 2 unspecified atom stereocenters. The lowest BCUT2D eigenvalue weighted by molar-refractivity contribution is -0.165. The first-order valence-corrected chi connectivity index (χ1v) is 10.2. The Labute approximate surface area is 151 Å². The van der Waals surface area contributed by atoms with Crippen LogP contribution in [0.1, 0.15) is 78.6 Å². The molecule has 1 aliphatic heterocycles. The predicted octanol–water partition coefficient (Wildman–Crippen LogP) is 3.23. The smallest absolute Gasteiger partial charge is 0.245 e. The van der Waals surface area contributed by atoms with E-state index in [4.69, 9.17) is 4.74 Å². The lowest BCUT2D eigenvalue weighted by atomic mass is 9.83. The van der Waals surface area contributed by atoms with Gasteiger partial charge in [-0.3, -0.25) is 14.5 Å². The number of nitrogens with zero attached hydrogens (tertiary/aromatic N) is 1. The molecule has 3 aliphatic rings. The van der Waals surface area contributed by atoms with E-state index >= 15 is 0 Å². The van der Waals surface area contributed by atoms with Gasteiger partial charge in [-0.05, 0) is 57.8 Å². The molecule has 25 heavy (non-hydrogen) atoms. The van der Waals surface area contributed by atoms with Crippen molar-refractivity contribution < 1.29 is 14.3 Å². The fraction of sp³-hybridized carbons (Fsp3) is 0.900. The van der Waals surface area contributed by atoms with Gasteiger partial charge < -0.3 is 10.1 Å². The second kappa shape index (κ2) is 7.65. The van der Waals surface area contributed by atoms with Crippen molar-refractivity contribution in [2.75, 3.05) is 6.61 Å². The zero-order chi connectivity index (χ0) is 18.0. The van der Waals surface area contributed by atoms with Crippen molar-refractivity contribution in [1.82, 2.24) is 10.2 Å². The Kier molecular flexibility index (Phi) is 5.71. The number of carbonyl (C=O) groups is 2. The number of amides is 2. The quantitative estimate of drug-likeness (QED) is 0.847. The lowest BCUT2D eigenvalue weighted by Crippen LogP contribution is -2.58. The highest BCUT2D eigenvalue weighted by molar-refractivity contribution is 5.90. The number of hydrogen-bond donors (Lipinski definition) is 1. The summed E-state index contributed by atoms with van der Waals surface area (Å²) in [5.74, 6) is 0.868. The molecule has 3 rings (SSSR count). The van der Waals surface area contributed by atoms with E-state index in [1.807, 2.05) is 11.8 Å². The van der Waals surface area contributed by atoms with Gasteiger partial charge in [0.05, 0.1) is 6.61 Å². The summed E-state index contributed by atoms with van der Waals surface area (Å²) in [6.45, 7) is 6.67. The number of hydrogen-bond acceptors (Lipinski definition) is 3. The molecular weight excluding hydrogens is 316 g/mol. The monoisotopic (exact) mass is 350 g/mol. The first-order valence-electron chi connectivity index (χ1n) is 10.2. The van der Waals surface area contributed by atoms with Gasteiger partial charge in [0.15, 0.2) is 0 Å². The first-order chi connectivity index (χ1) is 12.0. The second-order valence-electron chi connectivity index (χ2n) is 8.46. The van der Waals surface area contributed by atoms with Crippen LogP contribution in [0.5, 0.6) is 0 Å². The Bertz CT molecular complexity index is 493. The average Bonchev–Trinajstić information content (AvgIpc) is 3.25. The van der Waals surface area contributed by atoms with Crippen molar-refractivity contribution >= 4 is 11.8 Å². The minimum atomic E-state index is -0.538. The zero-order valence-corrected chi connectivity index (χ0v) is 16.1. The van der Waals surface area contributed by atoms with Crippen LogP contribution in [0.2, 0.25) is 0 Å². The van der Waals surface area contributed by atoms with Gasteiger partial charge in [-0.25, -0.2) is 0 Å². The highest BCUT2D eigenvalue weighted by Crippen LogP contribution is 2.44. The molecule has 1 saturated heterocycles. The van der Waals surface area contributed by atoms with Gasteiger partial charge in [-0.2, -0.15) is 0 Å². The van der Waals surface area contributed by atoms with Crippen molar-refractivity contribution in [2.45, 2.75) is 96.4 Å². The van der Waals surface area contributed by atoms with Gasteiger partial charge >= 0.3 is 0 Å². The van der Waals surface area contributed by atoms with E-state index in [0.29, 0.717) is 12.5 Å². The van der Waals surface area contributed by atoms with Crippen LogP contribution in [-0.2, 0) is 14.3 Å². The summed E-state index contributed by atoms with van der Waals surface area (Å²) in [4.78, 5) is 28.1. The molecule has 142 valence electrons. The van der Waals surface area contributed by atoms with Gasteiger partial charge in [-0.15, -0.1) is 0 Å². The molecule has 3 fully saturated rings. The molecule has 2 atom stereocenters. The van der Waals surface area contributed by atoms with E-state index in [9.17, 15) is 9.59 Å². The van der Waals surface area contributed by atoms with Gasteiger partial charge in [-0.1, -0.05) is 26.7 Å². The van der Waals surface area contributed by atoms with E-state index in [1.165, 1.54) is 0 Å². The van der Waals surface area contributed by atoms with Crippen LogP contribution in [-0.4, -0.2) is 41.1 Å². The third-order valence-corrected chi connectivity index (χ3v) is 6.56. The molecule has 2 amide bonds. The largest absolute Gasteiger partial charge is 0.353 e. The van der Waals surface area contributed by atoms with Crippen LogP contribution in [0.15, 0.2) is 0 Å². The molecule has 1 spiro atoms. The summed E-state index contributed by atoms with van der Waals surface area (Å²) >= 11 is 0. The molecule has 1 heterocycles. The van der Waals surface area contributed by atoms with Crippen LogP contribution in [0, 0.1) is 11.8 Å². The van der Waals surface area contributed by atoms with Gasteiger partial charge in [0, 0.05) is 12.0 Å². The lowest BCUT2D eigenvalue weighted by Gasteiger charge is -2.44. The Morgan fingerprint density at radius 2 is 1.84 bits per heavy atom. The topological polar surface area (TPSA) is 58.6 Å². The van der Waals surface area contributed by atoms with Crippen LogP contribution in [0.4, 0.5) is 0 Å². The van der Waals surface area contributed by atoms with Gasteiger partial charge in [0.2, 0.25) is 11.8 Å². The highest BCUT2D eigenvalue weighted by Gasteiger charge is 2.54. The van der Waals surface area contributed by atoms with E-state index in [1.54, 1.807) is 0 Å². The number of ether oxygens (including phenoxy) is 1. The van der Waals surface area contributed by atoms with Crippen molar-refractivity contribution in [1.29, 1.82) is 0 Å². The molecular formula is C20H34N2O3. The number of nitrogens with one attached hydrogen (secondary N) is 1. The van der Waals surface area contributed by atoms with Crippen LogP contribution < -0.4 is 5.32 Å². The Morgan fingerprint density at radius 1 is 1.20 bits per heavy atom. The van der Waals surface area contributed by atoms with Gasteiger partial charge in [0.25, 0.3) is 0 Å². The Balaban J connectivity index is 1.82. The fourth-order valence-electron chi connectivity index (χ4n) is 4.62. The summed E-state index contributed by atoms with van der Waals surface area (Å²) in [6, 6.07) is -0.339. The Hall–Kier alpha value is -1.10. The molecule has 0 aromatic heterocycles. The van der Waals surface area contributed by atoms with E-state index in [2.05, 4.69) is 19.2 Å². The summed E-state index contributed by atoms with van der Waals surface area (Å²) in [7, 11) is 0. The van der Waals surface area contributed by atoms with E-state index in [0.717, 1.165) is 57.8 Å². The molecule has 5 nitrogen and oxygen atoms in total. The second-order valence-corrected chi connectivity index (χ2v) is 8.46. The molecule has 1 N–H and O–H groups in total. The predicted molar refractivity (Wildman–Crippen MR) is 96.8 cm³/mol. The summed E-state index contributed by atoms with van der Waals surface area (Å²) < 4.78 is 6.22. The van der Waals surface area contributed by atoms with Crippen molar-refractivity contribution in [3.63, 3.8) is 0 Å². The normalized spacial score (nSPS) is 34.4. The van der Waals surface area contributed by atoms with Crippen molar-refractivity contribution in [2.24, 2.45) is 11.8 Å². The molecule has 0 radical (unpaired) electrons. The van der Waals surface area contributed by atoms with Crippen LogP contribution in [0.25, 0.3) is 0 Å². The zero-order valence-electron chi connectivity index (χ0n) is 16.1. The van der Waals surface area contributed by atoms with Crippen LogP contribution >= 0.6 is 0 Å². The third-order valence-electron chi connectivity index (χ3n) is 6.56. The number of rotatable bonds is 4. The van der Waals surface area contributed by atoms with E-state index in [-0.39, 0.29) is 23.8 Å². The van der Waals surface area contributed by atoms with Crippen molar-refractivity contribution in [3.05, 3.63) is 0 Å². The molecule has 2 saturated carbocycles. The maximum Gasteiger partial charge on any atom is 0.245 e. The molecule has 0 bridgehead atoms. The average molecular weight is 351 g/mol. The fourth-order valence-corrected chi connectivity index (χ4v) is 4.62. The SMILES string of the molecule is CCC(C)NC(=O)C1COC2(CCC(C)CC2)N1C(=O)C1CCCC1. The molecule has 2 aliphatic carbocycles. The van der Waals surface area contributed by atoms with Crippen molar-refractivity contribution in [3.8, 4) is 0 Å².